The highest BCUT2D eigenvalue weighted by Crippen LogP contribution is 2.35. The van der Waals surface area contributed by atoms with Gasteiger partial charge in [0.05, 0.1) is 19.9 Å². The molecule has 1 aliphatic rings. The Hall–Kier alpha value is -3.79. The fourth-order valence-electron chi connectivity index (χ4n) is 4.26. The number of methoxy groups -OCH3 is 2. The molecule has 1 amide bonds. The molecule has 1 fully saturated rings. The zero-order valence-electron chi connectivity index (χ0n) is 19.3. The highest BCUT2D eigenvalue weighted by Gasteiger charge is 2.29. The lowest BCUT2D eigenvalue weighted by Gasteiger charge is -2.31. The predicted octanol–water partition coefficient (Wildman–Crippen LogP) is 4.77. The monoisotopic (exact) mass is 493 g/mol. The Labute approximate surface area is 205 Å². The van der Waals surface area contributed by atoms with Crippen LogP contribution in [0, 0.1) is 5.82 Å². The smallest absolute Gasteiger partial charge is 0.271 e. The van der Waals surface area contributed by atoms with Gasteiger partial charge in [0, 0.05) is 30.1 Å². The van der Waals surface area contributed by atoms with Gasteiger partial charge in [0.15, 0.2) is 5.01 Å². The first-order chi connectivity index (χ1) is 17.1. The van der Waals surface area contributed by atoms with E-state index in [2.05, 4.69) is 20.4 Å². The van der Waals surface area contributed by atoms with Crippen LogP contribution in [0.15, 0.2) is 48.5 Å². The number of hydrogen-bond donors (Lipinski definition) is 1. The lowest BCUT2D eigenvalue weighted by Crippen LogP contribution is -2.39. The van der Waals surface area contributed by atoms with Gasteiger partial charge in [0.1, 0.15) is 28.0 Å². The number of nitrogens with zero attached hydrogens (tertiary/aromatic N) is 4. The second-order valence-electron chi connectivity index (χ2n) is 8.25. The molecule has 1 N–H and O–H groups in total. The van der Waals surface area contributed by atoms with Gasteiger partial charge in [-0.05, 0) is 49.2 Å². The van der Waals surface area contributed by atoms with Gasteiger partial charge in [-0.15, -0.1) is 10.2 Å². The highest BCUT2D eigenvalue weighted by atomic mass is 32.1. The van der Waals surface area contributed by atoms with Crippen molar-refractivity contribution in [3.63, 3.8) is 0 Å². The number of benzene rings is 2. The number of aromatic amines is 1. The maximum atomic E-state index is 14.2. The van der Waals surface area contributed by atoms with E-state index < -0.39 is 0 Å². The van der Waals surface area contributed by atoms with Gasteiger partial charge in [-0.1, -0.05) is 23.5 Å². The van der Waals surface area contributed by atoms with Crippen molar-refractivity contribution in [2.24, 2.45) is 0 Å². The predicted molar refractivity (Wildman–Crippen MR) is 130 cm³/mol. The average Bonchev–Trinajstić information content (AvgIpc) is 3.59. The first kappa shape index (κ1) is 23.0. The van der Waals surface area contributed by atoms with Crippen LogP contribution in [-0.2, 0) is 0 Å². The van der Waals surface area contributed by atoms with E-state index in [0.717, 1.165) is 23.4 Å². The zero-order chi connectivity index (χ0) is 24.4. The van der Waals surface area contributed by atoms with Crippen LogP contribution < -0.4 is 9.47 Å². The maximum absolute atomic E-state index is 14.2. The molecule has 0 radical (unpaired) electrons. The highest BCUT2D eigenvalue weighted by molar-refractivity contribution is 7.14. The average molecular weight is 494 g/mol. The normalized spacial score (nSPS) is 15.7. The Balaban J connectivity index is 1.33. The minimum Gasteiger partial charge on any atom is -0.497 e. The van der Waals surface area contributed by atoms with Crippen molar-refractivity contribution in [2.45, 2.75) is 18.8 Å². The molecule has 1 atom stereocenters. The van der Waals surface area contributed by atoms with Crippen molar-refractivity contribution >= 4 is 17.2 Å². The van der Waals surface area contributed by atoms with Gasteiger partial charge in [-0.25, -0.2) is 4.39 Å². The second kappa shape index (κ2) is 9.83. The summed E-state index contributed by atoms with van der Waals surface area (Å²) in [6.07, 6.45) is 1.74. The molecule has 0 bridgehead atoms. The maximum Gasteiger partial charge on any atom is 0.271 e. The first-order valence-corrected chi connectivity index (χ1v) is 12.0. The number of carbonyl (C=O) groups excluding carboxylic acids is 1. The third kappa shape index (κ3) is 4.61. The summed E-state index contributed by atoms with van der Waals surface area (Å²) in [6.45, 7) is 1.16. The van der Waals surface area contributed by atoms with E-state index in [1.54, 1.807) is 55.5 Å². The number of rotatable bonds is 6. The molecule has 0 spiro atoms. The van der Waals surface area contributed by atoms with E-state index in [1.807, 2.05) is 6.07 Å². The van der Waals surface area contributed by atoms with Crippen LogP contribution in [0.1, 0.15) is 34.3 Å². The summed E-state index contributed by atoms with van der Waals surface area (Å²) >= 11 is 1.38. The largest absolute Gasteiger partial charge is 0.497 e. The van der Waals surface area contributed by atoms with Crippen LogP contribution in [0.25, 0.3) is 21.8 Å². The molecule has 0 aliphatic carbocycles. The molecule has 2 aromatic carbocycles. The molecule has 4 aromatic rings. The number of aromatic nitrogens is 4. The molecule has 2 aromatic heterocycles. The first-order valence-electron chi connectivity index (χ1n) is 11.2. The standard InChI is InChI=1S/C25H24FN5O3S/c1-33-16-9-10-22(34-2)18(12-16)20-13-21(28-27-20)25(32)31-11-5-6-15(14-31)23-29-30-24(35-23)17-7-3-4-8-19(17)26/h3-4,7-10,12-13,15H,5-6,11,14H2,1-2H3,(H,27,28). The van der Waals surface area contributed by atoms with E-state index >= 15 is 0 Å². The molecular formula is C25H24FN5O3S. The van der Waals surface area contributed by atoms with Gasteiger partial charge >= 0.3 is 0 Å². The molecule has 1 aliphatic heterocycles. The van der Waals surface area contributed by atoms with Crippen molar-refractivity contribution in [2.75, 3.05) is 27.3 Å². The van der Waals surface area contributed by atoms with Crippen molar-refractivity contribution in [1.29, 1.82) is 0 Å². The van der Waals surface area contributed by atoms with E-state index in [-0.39, 0.29) is 17.6 Å². The van der Waals surface area contributed by atoms with Crippen LogP contribution in [0.2, 0.25) is 0 Å². The quantitative estimate of drug-likeness (QED) is 0.416. The molecule has 3 heterocycles. The number of likely N-dealkylation sites (tertiary alicyclic amines) is 1. The van der Waals surface area contributed by atoms with Crippen LogP contribution in [0.5, 0.6) is 11.5 Å². The number of amides is 1. The van der Waals surface area contributed by atoms with E-state index in [1.165, 1.54) is 17.4 Å². The number of carbonyl (C=O) groups is 1. The van der Waals surface area contributed by atoms with Crippen LogP contribution in [0.3, 0.4) is 0 Å². The number of ether oxygens (including phenoxy) is 2. The van der Waals surface area contributed by atoms with Gasteiger partial charge < -0.3 is 14.4 Å². The molecule has 8 nitrogen and oxygen atoms in total. The molecule has 5 rings (SSSR count). The van der Waals surface area contributed by atoms with Crippen molar-refractivity contribution in [3.8, 4) is 33.3 Å². The van der Waals surface area contributed by atoms with Gasteiger partial charge in [0.2, 0.25) is 0 Å². The van der Waals surface area contributed by atoms with E-state index in [0.29, 0.717) is 46.5 Å². The molecule has 0 saturated carbocycles. The third-order valence-corrected chi connectivity index (χ3v) is 7.21. The summed E-state index contributed by atoms with van der Waals surface area (Å²) in [4.78, 5) is 15.1. The summed E-state index contributed by atoms with van der Waals surface area (Å²) in [6, 6.07) is 13.7. The molecule has 1 unspecified atom stereocenters. The number of piperidine rings is 1. The second-order valence-corrected chi connectivity index (χ2v) is 9.26. The van der Waals surface area contributed by atoms with Crippen LogP contribution >= 0.6 is 11.3 Å². The lowest BCUT2D eigenvalue weighted by atomic mass is 9.98. The Kier molecular flexibility index (Phi) is 6.45. The minimum absolute atomic E-state index is 0.0478. The fourth-order valence-corrected chi connectivity index (χ4v) is 5.26. The van der Waals surface area contributed by atoms with Gasteiger partial charge in [0.25, 0.3) is 5.91 Å². The van der Waals surface area contributed by atoms with Crippen molar-refractivity contribution in [3.05, 3.63) is 65.0 Å². The molecule has 35 heavy (non-hydrogen) atoms. The van der Waals surface area contributed by atoms with Gasteiger partial charge in [-0.3, -0.25) is 9.89 Å². The SMILES string of the molecule is COc1ccc(OC)c(-c2cc(C(=O)N3CCCC(c4nnc(-c5ccccc5F)s4)C3)[nH]n2)c1. The van der Waals surface area contributed by atoms with Gasteiger partial charge in [-0.2, -0.15) is 5.10 Å². The minimum atomic E-state index is -0.321. The Bertz CT molecular complexity index is 1350. The zero-order valence-corrected chi connectivity index (χ0v) is 20.1. The summed E-state index contributed by atoms with van der Waals surface area (Å²) in [7, 11) is 3.18. The number of halogens is 1. The Morgan fingerprint density at radius 2 is 1.97 bits per heavy atom. The number of nitrogens with one attached hydrogen (secondary N) is 1. The van der Waals surface area contributed by atoms with Crippen molar-refractivity contribution < 1.29 is 18.7 Å². The van der Waals surface area contributed by atoms with E-state index in [9.17, 15) is 9.18 Å². The van der Waals surface area contributed by atoms with Crippen LogP contribution in [0.4, 0.5) is 4.39 Å². The topological polar surface area (TPSA) is 93.2 Å². The third-order valence-electron chi connectivity index (χ3n) is 6.09. The number of H-pyrrole nitrogens is 1. The Morgan fingerprint density at radius 3 is 2.77 bits per heavy atom. The summed E-state index contributed by atoms with van der Waals surface area (Å²) in [5.41, 5.74) is 2.16. The molecule has 1 saturated heterocycles. The summed E-state index contributed by atoms with van der Waals surface area (Å²) in [5, 5.41) is 17.1. The van der Waals surface area contributed by atoms with Crippen LogP contribution in [-0.4, -0.2) is 58.5 Å². The molecule has 10 heteroatoms. The molecular weight excluding hydrogens is 469 g/mol. The number of hydrogen-bond acceptors (Lipinski definition) is 7. The van der Waals surface area contributed by atoms with E-state index in [4.69, 9.17) is 9.47 Å². The van der Waals surface area contributed by atoms with Crippen molar-refractivity contribution in [1.82, 2.24) is 25.3 Å². The molecule has 180 valence electrons. The fraction of sp³-hybridized carbons (Fsp3) is 0.280. The Morgan fingerprint density at radius 1 is 1.11 bits per heavy atom. The summed E-state index contributed by atoms with van der Waals surface area (Å²) in [5.74, 6) is 0.901. The lowest BCUT2D eigenvalue weighted by molar-refractivity contribution is 0.0701. The summed E-state index contributed by atoms with van der Waals surface area (Å²) < 4.78 is 24.9.